The largest absolute Gasteiger partial charge is 0.311 e. The van der Waals surface area contributed by atoms with Crippen LogP contribution in [-0.2, 0) is 25.7 Å². The molecule has 0 atom stereocenters. The average molecular weight is 829 g/mol. The molecular formula is C62H45BN2. The van der Waals surface area contributed by atoms with Gasteiger partial charge in [0.2, 0.25) is 0 Å². The molecule has 0 radical (unpaired) electrons. The predicted molar refractivity (Wildman–Crippen MR) is 279 cm³/mol. The van der Waals surface area contributed by atoms with Gasteiger partial charge in [0, 0.05) is 33.8 Å². The van der Waals surface area contributed by atoms with E-state index in [1.165, 1.54) is 152 Å². The van der Waals surface area contributed by atoms with Gasteiger partial charge in [0.15, 0.2) is 0 Å². The van der Waals surface area contributed by atoms with E-state index in [4.69, 9.17) is 0 Å². The Morgan fingerprint density at radius 2 is 0.677 bits per heavy atom. The molecule has 0 N–H and O–H groups in total. The van der Waals surface area contributed by atoms with E-state index < -0.39 is 0 Å². The van der Waals surface area contributed by atoms with Crippen molar-refractivity contribution in [1.82, 2.24) is 0 Å². The number of hydrogen-bond acceptors (Lipinski definition) is 2. The van der Waals surface area contributed by atoms with Gasteiger partial charge in [-0.25, -0.2) is 0 Å². The molecular weight excluding hydrogens is 784 g/mol. The lowest BCUT2D eigenvalue weighted by Gasteiger charge is -2.45. The fourth-order valence-corrected chi connectivity index (χ4v) is 13.1. The third-order valence-corrected chi connectivity index (χ3v) is 15.9. The Labute approximate surface area is 379 Å². The van der Waals surface area contributed by atoms with Gasteiger partial charge in [-0.2, -0.15) is 0 Å². The Morgan fingerprint density at radius 1 is 0.292 bits per heavy atom. The van der Waals surface area contributed by atoms with E-state index in [0.29, 0.717) is 0 Å². The molecule has 2 aliphatic heterocycles. The number of hydrogen-bond donors (Lipinski definition) is 0. The maximum Gasteiger partial charge on any atom is 0.252 e. The highest BCUT2D eigenvalue weighted by atomic mass is 15.2. The molecule has 65 heavy (non-hydrogen) atoms. The van der Waals surface area contributed by atoms with Crippen LogP contribution in [0.4, 0.5) is 34.1 Å². The Bertz CT molecular complexity index is 3800. The highest BCUT2D eigenvalue weighted by Crippen LogP contribution is 2.50. The van der Waals surface area contributed by atoms with Crippen LogP contribution in [0.2, 0.25) is 0 Å². The number of rotatable bonds is 2. The SMILES string of the molecule is c1cc2c3c(c1)N(c1cccc4c5ccccc5c5ccccc5c14)c1cc4c(cc1B3c1cc3c(cc1N2c1ccc2c5ccccc5c5ccccc5c2c1)CCCC3)CCCC4. The van der Waals surface area contributed by atoms with E-state index in [1.54, 1.807) is 11.1 Å². The molecule has 0 aromatic heterocycles. The summed E-state index contributed by atoms with van der Waals surface area (Å²) in [6.45, 7) is 0.107. The van der Waals surface area contributed by atoms with Gasteiger partial charge >= 0.3 is 0 Å². The van der Waals surface area contributed by atoms with E-state index in [0.717, 1.165) is 25.7 Å². The first-order valence-corrected chi connectivity index (χ1v) is 24.0. The first-order chi connectivity index (χ1) is 32.3. The summed E-state index contributed by atoms with van der Waals surface area (Å²) in [6.07, 6.45) is 9.61. The van der Waals surface area contributed by atoms with Crippen molar-refractivity contribution in [3.63, 3.8) is 0 Å². The predicted octanol–water partition coefficient (Wildman–Crippen LogP) is 14.4. The van der Waals surface area contributed by atoms with Crippen molar-refractivity contribution in [3.05, 3.63) is 198 Å². The Hall–Kier alpha value is -7.36. The van der Waals surface area contributed by atoms with Crippen LogP contribution in [0.1, 0.15) is 47.9 Å². The number of fused-ring (bicyclic) bond motifs is 18. The molecule has 0 unspecified atom stereocenters. The van der Waals surface area contributed by atoms with Gasteiger partial charge in [-0.1, -0.05) is 133 Å². The van der Waals surface area contributed by atoms with Gasteiger partial charge in [-0.15, -0.1) is 0 Å². The van der Waals surface area contributed by atoms with Crippen molar-refractivity contribution in [2.45, 2.75) is 51.4 Å². The zero-order chi connectivity index (χ0) is 42.3. The fraction of sp³-hybridized carbons (Fsp3) is 0.129. The van der Waals surface area contributed by atoms with Crippen molar-refractivity contribution in [2.24, 2.45) is 0 Å². The van der Waals surface area contributed by atoms with Gasteiger partial charge in [0.05, 0.1) is 5.69 Å². The summed E-state index contributed by atoms with van der Waals surface area (Å²) in [7, 11) is 0. The molecule has 4 aliphatic rings. The Balaban J connectivity index is 1.06. The quantitative estimate of drug-likeness (QED) is 0.127. The van der Waals surface area contributed by atoms with E-state index in [1.807, 2.05) is 0 Å². The molecule has 2 aliphatic carbocycles. The molecule has 3 heteroatoms. The third kappa shape index (κ3) is 5.02. The van der Waals surface area contributed by atoms with Crippen LogP contribution in [0, 0.1) is 0 Å². The molecule has 11 aromatic rings. The highest BCUT2D eigenvalue weighted by Gasteiger charge is 2.44. The van der Waals surface area contributed by atoms with E-state index in [-0.39, 0.29) is 6.71 Å². The summed E-state index contributed by atoms with van der Waals surface area (Å²) < 4.78 is 0. The first kappa shape index (κ1) is 36.0. The normalized spacial score (nSPS) is 15.1. The third-order valence-electron chi connectivity index (χ3n) is 15.9. The second-order valence-electron chi connectivity index (χ2n) is 19.2. The number of aryl methyl sites for hydroxylation is 4. The van der Waals surface area contributed by atoms with Gasteiger partial charge in [-0.3, -0.25) is 0 Å². The summed E-state index contributed by atoms with van der Waals surface area (Å²) in [5.74, 6) is 0. The fourth-order valence-electron chi connectivity index (χ4n) is 13.1. The van der Waals surface area contributed by atoms with E-state index in [9.17, 15) is 0 Å². The van der Waals surface area contributed by atoms with Crippen molar-refractivity contribution >= 4 is 122 Å². The average Bonchev–Trinajstić information content (AvgIpc) is 3.37. The van der Waals surface area contributed by atoms with Crippen LogP contribution in [0.25, 0.3) is 64.6 Å². The van der Waals surface area contributed by atoms with Crippen molar-refractivity contribution in [2.75, 3.05) is 9.80 Å². The van der Waals surface area contributed by atoms with Crippen molar-refractivity contribution < 1.29 is 0 Å². The second kappa shape index (κ2) is 13.6. The van der Waals surface area contributed by atoms with Gasteiger partial charge in [0.1, 0.15) is 0 Å². The molecule has 2 heterocycles. The lowest BCUT2D eigenvalue weighted by Crippen LogP contribution is -2.61. The molecule has 0 amide bonds. The lowest BCUT2D eigenvalue weighted by atomic mass is 9.33. The Kier molecular flexibility index (Phi) is 7.53. The van der Waals surface area contributed by atoms with Crippen LogP contribution in [0.15, 0.2) is 176 Å². The second-order valence-corrected chi connectivity index (χ2v) is 19.2. The molecule has 306 valence electrons. The van der Waals surface area contributed by atoms with Crippen molar-refractivity contribution in [3.8, 4) is 0 Å². The maximum absolute atomic E-state index is 2.69. The summed E-state index contributed by atoms with van der Waals surface area (Å²) in [5, 5.41) is 15.7. The lowest BCUT2D eigenvalue weighted by molar-refractivity contribution is 0.686. The zero-order valence-corrected chi connectivity index (χ0v) is 36.4. The monoisotopic (exact) mass is 828 g/mol. The van der Waals surface area contributed by atoms with Gasteiger partial charge in [-0.05, 0) is 192 Å². The zero-order valence-electron chi connectivity index (χ0n) is 36.4. The smallest absolute Gasteiger partial charge is 0.252 e. The van der Waals surface area contributed by atoms with Crippen LogP contribution in [0.5, 0.6) is 0 Å². The molecule has 11 aromatic carbocycles. The molecule has 0 saturated carbocycles. The summed E-state index contributed by atoms with van der Waals surface area (Å²) >= 11 is 0. The first-order valence-electron chi connectivity index (χ1n) is 24.0. The summed E-state index contributed by atoms with van der Waals surface area (Å²) in [4.78, 5) is 5.33. The Morgan fingerprint density at radius 3 is 1.22 bits per heavy atom. The molecule has 0 fully saturated rings. The van der Waals surface area contributed by atoms with Crippen LogP contribution < -0.4 is 26.2 Å². The number of anilines is 6. The van der Waals surface area contributed by atoms with Crippen LogP contribution in [-0.4, -0.2) is 6.71 Å². The number of benzene rings is 11. The van der Waals surface area contributed by atoms with Crippen molar-refractivity contribution in [1.29, 1.82) is 0 Å². The minimum atomic E-state index is 0.107. The minimum Gasteiger partial charge on any atom is -0.311 e. The highest BCUT2D eigenvalue weighted by molar-refractivity contribution is 7.00. The molecule has 0 bridgehead atoms. The molecule has 0 spiro atoms. The van der Waals surface area contributed by atoms with Gasteiger partial charge in [0.25, 0.3) is 6.71 Å². The van der Waals surface area contributed by atoms with Crippen LogP contribution in [0.3, 0.4) is 0 Å². The van der Waals surface area contributed by atoms with E-state index >= 15 is 0 Å². The topological polar surface area (TPSA) is 6.48 Å². The van der Waals surface area contributed by atoms with E-state index in [2.05, 4.69) is 186 Å². The summed E-state index contributed by atoms with van der Waals surface area (Å²) in [6, 6.07) is 68.1. The van der Waals surface area contributed by atoms with Gasteiger partial charge < -0.3 is 9.80 Å². The maximum atomic E-state index is 2.69. The summed E-state index contributed by atoms with van der Waals surface area (Å²) in [5.41, 5.74) is 18.1. The molecule has 15 rings (SSSR count). The van der Waals surface area contributed by atoms with Crippen LogP contribution >= 0.6 is 0 Å². The minimum absolute atomic E-state index is 0.107. The molecule has 2 nitrogen and oxygen atoms in total. The standard InChI is InChI=1S/C62H45BN2/c1-3-17-40-35-59-54(33-38(40)15-1)63-55-34-39-16-2-4-18-41(39)36-60(55)65(56-28-13-27-52-48-23-9-7-22-46(48)47-24-11-12-26-51(47)61(52)56)58-30-14-29-57(62(58)63)64(59)42-31-32-50-45-21-6-5-19-43(45)44-20-8-10-25-49(44)53(50)37-42/h5-14,19-37H,1-4,15-18H2. The molecule has 0 saturated heterocycles. The number of nitrogens with zero attached hydrogens (tertiary/aromatic N) is 2.